The van der Waals surface area contributed by atoms with Crippen molar-refractivity contribution < 1.29 is 0 Å². The fraction of sp³-hybridized carbons (Fsp3) is 0.0667. The highest BCUT2D eigenvalue weighted by Crippen LogP contribution is 2.25. The molecule has 0 fully saturated rings. The van der Waals surface area contributed by atoms with E-state index >= 15 is 0 Å². The summed E-state index contributed by atoms with van der Waals surface area (Å²) in [6, 6.07) is 12.1. The summed E-state index contributed by atoms with van der Waals surface area (Å²) in [5.41, 5.74) is 11.8. The minimum atomic E-state index is 0.782. The van der Waals surface area contributed by atoms with Crippen molar-refractivity contribution in [1.82, 2.24) is 9.97 Å². The second kappa shape index (κ2) is 4.11. The smallest absolute Gasteiger partial charge is 0.0892 e. The van der Waals surface area contributed by atoms with E-state index in [9.17, 15) is 0 Å². The summed E-state index contributed by atoms with van der Waals surface area (Å²) in [7, 11) is 0. The van der Waals surface area contributed by atoms with Crippen molar-refractivity contribution in [3.8, 4) is 11.1 Å². The van der Waals surface area contributed by atoms with Crippen LogP contribution in [0.2, 0.25) is 0 Å². The molecule has 0 saturated carbocycles. The zero-order valence-electron chi connectivity index (χ0n) is 10.1. The Balaban J connectivity index is 2.19. The molecule has 18 heavy (non-hydrogen) atoms. The lowest BCUT2D eigenvalue weighted by molar-refractivity contribution is 1.29. The van der Waals surface area contributed by atoms with Gasteiger partial charge in [0.05, 0.1) is 11.0 Å². The molecule has 0 aliphatic carbocycles. The number of fused-ring (bicyclic) bond motifs is 1. The minimum Gasteiger partial charge on any atom is -0.399 e. The average Bonchev–Trinajstić information content (AvgIpc) is 2.37. The SMILES string of the molecule is Cc1cc(N)cc(-c2ccc3nccnc3c2)c1. The van der Waals surface area contributed by atoms with Crippen LogP contribution in [0.25, 0.3) is 22.2 Å². The van der Waals surface area contributed by atoms with Crippen LogP contribution in [0.15, 0.2) is 48.8 Å². The summed E-state index contributed by atoms with van der Waals surface area (Å²) in [5, 5.41) is 0. The number of anilines is 1. The molecule has 2 N–H and O–H groups in total. The molecule has 0 spiro atoms. The molecule has 0 atom stereocenters. The first kappa shape index (κ1) is 10.7. The zero-order chi connectivity index (χ0) is 12.5. The third-order valence-corrected chi connectivity index (χ3v) is 2.90. The average molecular weight is 235 g/mol. The van der Waals surface area contributed by atoms with E-state index in [1.807, 2.05) is 37.3 Å². The zero-order valence-corrected chi connectivity index (χ0v) is 10.1. The Kier molecular flexibility index (Phi) is 2.45. The molecule has 0 aliphatic rings. The van der Waals surface area contributed by atoms with Gasteiger partial charge in [-0.15, -0.1) is 0 Å². The number of nitrogen functional groups attached to an aromatic ring is 1. The second-order valence-electron chi connectivity index (χ2n) is 4.39. The van der Waals surface area contributed by atoms with Crippen molar-refractivity contribution >= 4 is 16.7 Å². The monoisotopic (exact) mass is 235 g/mol. The Morgan fingerprint density at radius 2 is 1.61 bits per heavy atom. The standard InChI is InChI=1S/C15H13N3/c1-10-6-12(8-13(16)7-10)11-2-3-14-15(9-11)18-5-4-17-14/h2-9H,16H2,1H3. The molecule has 2 aromatic carbocycles. The Morgan fingerprint density at radius 1 is 0.833 bits per heavy atom. The van der Waals surface area contributed by atoms with Gasteiger partial charge in [-0.25, -0.2) is 0 Å². The van der Waals surface area contributed by atoms with E-state index in [0.717, 1.165) is 33.4 Å². The molecular formula is C15H13N3. The number of aromatic nitrogens is 2. The van der Waals surface area contributed by atoms with Crippen LogP contribution >= 0.6 is 0 Å². The van der Waals surface area contributed by atoms with E-state index in [1.54, 1.807) is 12.4 Å². The molecule has 0 unspecified atom stereocenters. The molecule has 3 heteroatoms. The molecule has 3 rings (SSSR count). The molecule has 3 nitrogen and oxygen atoms in total. The lowest BCUT2D eigenvalue weighted by Crippen LogP contribution is -1.89. The fourth-order valence-corrected chi connectivity index (χ4v) is 2.12. The predicted molar refractivity (Wildman–Crippen MR) is 74.1 cm³/mol. The number of hydrogen-bond acceptors (Lipinski definition) is 3. The summed E-state index contributed by atoms with van der Waals surface area (Å²) in [4.78, 5) is 8.58. The third-order valence-electron chi connectivity index (χ3n) is 2.90. The van der Waals surface area contributed by atoms with Crippen molar-refractivity contribution in [1.29, 1.82) is 0 Å². The van der Waals surface area contributed by atoms with Crippen LogP contribution in [0.5, 0.6) is 0 Å². The van der Waals surface area contributed by atoms with Gasteiger partial charge in [0.25, 0.3) is 0 Å². The molecule has 88 valence electrons. The molecule has 0 radical (unpaired) electrons. The summed E-state index contributed by atoms with van der Waals surface area (Å²) < 4.78 is 0. The number of benzene rings is 2. The molecular weight excluding hydrogens is 222 g/mol. The van der Waals surface area contributed by atoms with Gasteiger partial charge in [-0.05, 0) is 47.9 Å². The van der Waals surface area contributed by atoms with Crippen LogP contribution in [-0.2, 0) is 0 Å². The van der Waals surface area contributed by atoms with Crippen molar-refractivity contribution in [2.75, 3.05) is 5.73 Å². The summed E-state index contributed by atoms with van der Waals surface area (Å²) >= 11 is 0. The molecule has 0 saturated heterocycles. The van der Waals surface area contributed by atoms with Crippen LogP contribution in [0.1, 0.15) is 5.56 Å². The van der Waals surface area contributed by atoms with Crippen LogP contribution < -0.4 is 5.73 Å². The molecule has 1 aromatic heterocycles. The van der Waals surface area contributed by atoms with E-state index in [4.69, 9.17) is 5.73 Å². The predicted octanol–water partition coefficient (Wildman–Crippen LogP) is 3.19. The van der Waals surface area contributed by atoms with Gasteiger partial charge in [0.2, 0.25) is 0 Å². The van der Waals surface area contributed by atoms with Crippen LogP contribution in [-0.4, -0.2) is 9.97 Å². The van der Waals surface area contributed by atoms with Crippen LogP contribution in [0.3, 0.4) is 0 Å². The molecule has 0 amide bonds. The highest BCUT2D eigenvalue weighted by molar-refractivity contribution is 5.81. The third kappa shape index (κ3) is 1.91. The number of nitrogens with two attached hydrogens (primary N) is 1. The lowest BCUT2D eigenvalue weighted by atomic mass is 10.0. The van der Waals surface area contributed by atoms with Gasteiger partial charge in [0.15, 0.2) is 0 Å². The summed E-state index contributed by atoms with van der Waals surface area (Å²) in [6.45, 7) is 2.04. The Hall–Kier alpha value is -2.42. The summed E-state index contributed by atoms with van der Waals surface area (Å²) in [6.07, 6.45) is 3.41. The fourth-order valence-electron chi connectivity index (χ4n) is 2.12. The minimum absolute atomic E-state index is 0.782. The van der Waals surface area contributed by atoms with Gasteiger partial charge >= 0.3 is 0 Å². The van der Waals surface area contributed by atoms with E-state index < -0.39 is 0 Å². The van der Waals surface area contributed by atoms with E-state index in [-0.39, 0.29) is 0 Å². The maximum Gasteiger partial charge on any atom is 0.0892 e. The Labute approximate surface area is 105 Å². The second-order valence-corrected chi connectivity index (χ2v) is 4.39. The Morgan fingerprint density at radius 3 is 2.39 bits per heavy atom. The van der Waals surface area contributed by atoms with Crippen molar-refractivity contribution in [2.45, 2.75) is 6.92 Å². The molecule has 1 heterocycles. The van der Waals surface area contributed by atoms with Crippen molar-refractivity contribution in [3.63, 3.8) is 0 Å². The first-order valence-corrected chi connectivity index (χ1v) is 5.81. The maximum atomic E-state index is 5.88. The lowest BCUT2D eigenvalue weighted by Gasteiger charge is -2.06. The van der Waals surface area contributed by atoms with Gasteiger partial charge in [-0.3, -0.25) is 9.97 Å². The van der Waals surface area contributed by atoms with E-state index in [0.29, 0.717) is 0 Å². The van der Waals surface area contributed by atoms with Gasteiger partial charge in [-0.2, -0.15) is 0 Å². The number of aryl methyl sites for hydroxylation is 1. The van der Waals surface area contributed by atoms with Gasteiger partial charge in [-0.1, -0.05) is 12.1 Å². The number of nitrogens with zero attached hydrogens (tertiary/aromatic N) is 2. The first-order chi connectivity index (χ1) is 8.72. The van der Waals surface area contributed by atoms with Gasteiger partial charge in [0, 0.05) is 18.1 Å². The van der Waals surface area contributed by atoms with Gasteiger partial charge < -0.3 is 5.73 Å². The number of hydrogen-bond donors (Lipinski definition) is 1. The van der Waals surface area contributed by atoms with Crippen LogP contribution in [0, 0.1) is 6.92 Å². The maximum absolute atomic E-state index is 5.88. The molecule has 3 aromatic rings. The Bertz CT molecular complexity index is 700. The highest BCUT2D eigenvalue weighted by atomic mass is 14.8. The first-order valence-electron chi connectivity index (χ1n) is 5.81. The summed E-state index contributed by atoms with van der Waals surface area (Å²) in [5.74, 6) is 0. The highest BCUT2D eigenvalue weighted by Gasteiger charge is 2.02. The van der Waals surface area contributed by atoms with Gasteiger partial charge in [0.1, 0.15) is 0 Å². The quantitative estimate of drug-likeness (QED) is 0.659. The van der Waals surface area contributed by atoms with E-state index in [1.165, 1.54) is 0 Å². The number of rotatable bonds is 1. The molecule has 0 aliphatic heterocycles. The van der Waals surface area contributed by atoms with Crippen LogP contribution in [0.4, 0.5) is 5.69 Å². The van der Waals surface area contributed by atoms with Crippen molar-refractivity contribution in [2.24, 2.45) is 0 Å². The van der Waals surface area contributed by atoms with E-state index in [2.05, 4.69) is 16.0 Å². The van der Waals surface area contributed by atoms with Crippen molar-refractivity contribution in [3.05, 3.63) is 54.4 Å². The molecule has 0 bridgehead atoms. The largest absolute Gasteiger partial charge is 0.399 e. The topological polar surface area (TPSA) is 51.8 Å². The normalized spacial score (nSPS) is 10.7.